The number of hydrogen-bond donors (Lipinski definition) is 0. The molecule has 0 saturated carbocycles. The van der Waals surface area contributed by atoms with Crippen molar-refractivity contribution in [3.8, 4) is 0 Å². The quantitative estimate of drug-likeness (QED) is 0.170. The molecule has 0 heteroatoms. The lowest BCUT2D eigenvalue weighted by Crippen LogP contribution is -1.88. The summed E-state index contributed by atoms with van der Waals surface area (Å²) in [6.07, 6.45) is 28.5. The van der Waals surface area contributed by atoms with Crippen LogP contribution in [-0.4, -0.2) is 0 Å². The maximum atomic E-state index is 2.31. The molecule has 0 saturated heterocycles. The summed E-state index contributed by atoms with van der Waals surface area (Å²) in [6, 6.07) is 15.6. The summed E-state index contributed by atoms with van der Waals surface area (Å²) >= 11 is 0. The van der Waals surface area contributed by atoms with Gasteiger partial charge in [-0.25, -0.2) is 0 Å². The summed E-state index contributed by atoms with van der Waals surface area (Å²) in [5.41, 5.74) is 1.53. The first-order valence-electron chi connectivity index (χ1n) is 13.0. The van der Waals surface area contributed by atoms with Crippen LogP contribution in [0.25, 0.3) is 10.8 Å². The third-order valence-corrected chi connectivity index (χ3v) is 6.43. The SMILES string of the molecule is C/C=C/CCCCCCCCCCCCCCCCCc1cccc2ccccc12. The summed E-state index contributed by atoms with van der Waals surface area (Å²) < 4.78 is 0. The molecule has 30 heavy (non-hydrogen) atoms. The van der Waals surface area contributed by atoms with Gasteiger partial charge in [0.2, 0.25) is 0 Å². The molecule has 0 unspecified atom stereocenters. The molecule has 0 aliphatic heterocycles. The molecule has 0 aliphatic rings. The molecule has 0 amide bonds. The Hall–Kier alpha value is -1.56. The summed E-state index contributed by atoms with van der Waals surface area (Å²) in [5, 5.41) is 2.83. The van der Waals surface area contributed by atoms with E-state index in [0.717, 1.165) is 0 Å². The van der Waals surface area contributed by atoms with Gasteiger partial charge in [0.1, 0.15) is 0 Å². The summed E-state index contributed by atoms with van der Waals surface area (Å²) in [7, 11) is 0. The fraction of sp³-hybridized carbons (Fsp3) is 0.600. The Kier molecular flexibility index (Phi) is 14.1. The van der Waals surface area contributed by atoms with Crippen molar-refractivity contribution in [3.63, 3.8) is 0 Å². The highest BCUT2D eigenvalue weighted by Gasteiger charge is 2.00. The Bertz CT molecular complexity index is 676. The van der Waals surface area contributed by atoms with Gasteiger partial charge in [0.25, 0.3) is 0 Å². The van der Waals surface area contributed by atoms with Gasteiger partial charge >= 0.3 is 0 Å². The highest BCUT2D eigenvalue weighted by Crippen LogP contribution is 2.21. The summed E-state index contributed by atoms with van der Waals surface area (Å²) in [4.78, 5) is 0. The molecule has 0 bridgehead atoms. The number of benzene rings is 2. The fourth-order valence-electron chi connectivity index (χ4n) is 4.55. The highest BCUT2D eigenvalue weighted by molar-refractivity contribution is 5.85. The molecule has 166 valence electrons. The van der Waals surface area contributed by atoms with Gasteiger partial charge in [-0.3, -0.25) is 0 Å². The van der Waals surface area contributed by atoms with E-state index in [1.807, 2.05) is 0 Å². The number of fused-ring (bicyclic) bond motifs is 1. The topological polar surface area (TPSA) is 0 Å². The van der Waals surface area contributed by atoms with Gasteiger partial charge in [-0.15, -0.1) is 0 Å². The van der Waals surface area contributed by atoms with E-state index in [1.54, 1.807) is 0 Å². The van der Waals surface area contributed by atoms with Crippen LogP contribution in [0.4, 0.5) is 0 Å². The third-order valence-electron chi connectivity index (χ3n) is 6.43. The molecule has 0 radical (unpaired) electrons. The van der Waals surface area contributed by atoms with Crippen LogP contribution in [-0.2, 0) is 6.42 Å². The van der Waals surface area contributed by atoms with E-state index in [-0.39, 0.29) is 0 Å². The van der Waals surface area contributed by atoms with Gasteiger partial charge in [0.15, 0.2) is 0 Å². The Morgan fingerprint density at radius 1 is 0.533 bits per heavy atom. The smallest absolute Gasteiger partial charge is 0.0152 e. The van der Waals surface area contributed by atoms with Crippen molar-refractivity contribution in [2.45, 2.75) is 116 Å². The molecule has 0 spiro atoms. The van der Waals surface area contributed by atoms with E-state index in [1.165, 1.54) is 125 Å². The molecule has 0 aliphatic carbocycles. The van der Waals surface area contributed by atoms with Crippen LogP contribution in [0.2, 0.25) is 0 Å². The Morgan fingerprint density at radius 3 is 1.63 bits per heavy atom. The lowest BCUT2D eigenvalue weighted by atomic mass is 9.99. The molecule has 0 nitrogen and oxygen atoms in total. The minimum Gasteiger partial charge on any atom is -0.0917 e. The molecule has 2 aromatic rings. The molecular formula is C30H46. The number of unbranched alkanes of at least 4 members (excludes halogenated alkanes) is 15. The van der Waals surface area contributed by atoms with Crippen molar-refractivity contribution in [1.82, 2.24) is 0 Å². The van der Waals surface area contributed by atoms with Crippen LogP contribution in [0.15, 0.2) is 54.6 Å². The monoisotopic (exact) mass is 406 g/mol. The van der Waals surface area contributed by atoms with Crippen molar-refractivity contribution in [1.29, 1.82) is 0 Å². The van der Waals surface area contributed by atoms with Gasteiger partial charge < -0.3 is 0 Å². The molecular weight excluding hydrogens is 360 g/mol. The van der Waals surface area contributed by atoms with Crippen LogP contribution in [0.5, 0.6) is 0 Å². The van der Waals surface area contributed by atoms with Crippen LogP contribution in [0.1, 0.15) is 115 Å². The lowest BCUT2D eigenvalue weighted by Gasteiger charge is -2.07. The number of hydrogen-bond acceptors (Lipinski definition) is 0. The standard InChI is InChI=1S/C30H46/c1-2-3-4-5-6-7-8-9-10-11-12-13-14-15-16-17-18-19-23-28-25-22-26-29-24-20-21-27-30(28)29/h2-3,20-22,24-27H,4-19,23H2,1H3/b3-2+. The molecule has 2 rings (SSSR count). The maximum absolute atomic E-state index is 2.31. The lowest BCUT2D eigenvalue weighted by molar-refractivity contribution is 0.531. The van der Waals surface area contributed by atoms with Gasteiger partial charge in [-0.05, 0) is 48.9 Å². The van der Waals surface area contributed by atoms with Gasteiger partial charge in [-0.2, -0.15) is 0 Å². The average Bonchev–Trinajstić information content (AvgIpc) is 2.78. The minimum atomic E-state index is 1.23. The normalized spacial score (nSPS) is 11.6. The van der Waals surface area contributed by atoms with Crippen molar-refractivity contribution >= 4 is 10.8 Å². The Labute approximate surface area is 187 Å². The predicted octanol–water partition coefficient (Wildman–Crippen LogP) is 10.2. The van der Waals surface area contributed by atoms with E-state index < -0.39 is 0 Å². The Balaban J connectivity index is 1.34. The van der Waals surface area contributed by atoms with Crippen LogP contribution < -0.4 is 0 Å². The first kappa shape index (κ1) is 24.7. The van der Waals surface area contributed by atoms with Crippen molar-refractivity contribution in [2.75, 3.05) is 0 Å². The van der Waals surface area contributed by atoms with Crippen LogP contribution >= 0.6 is 0 Å². The maximum Gasteiger partial charge on any atom is -0.0152 e. The van der Waals surface area contributed by atoms with Crippen LogP contribution in [0.3, 0.4) is 0 Å². The van der Waals surface area contributed by atoms with E-state index >= 15 is 0 Å². The zero-order valence-corrected chi connectivity index (χ0v) is 19.7. The van der Waals surface area contributed by atoms with Crippen molar-refractivity contribution in [3.05, 3.63) is 60.2 Å². The molecule has 0 N–H and O–H groups in total. The predicted molar refractivity (Wildman–Crippen MR) is 136 cm³/mol. The van der Waals surface area contributed by atoms with Gasteiger partial charge in [0.05, 0.1) is 0 Å². The molecule has 2 aromatic carbocycles. The molecule has 0 fully saturated rings. The van der Waals surface area contributed by atoms with E-state index in [2.05, 4.69) is 61.5 Å². The highest BCUT2D eigenvalue weighted by atomic mass is 14.1. The number of rotatable bonds is 18. The van der Waals surface area contributed by atoms with Gasteiger partial charge in [-0.1, -0.05) is 138 Å². The zero-order valence-electron chi connectivity index (χ0n) is 19.7. The van der Waals surface area contributed by atoms with E-state index in [4.69, 9.17) is 0 Å². The number of allylic oxidation sites excluding steroid dienone is 2. The fourth-order valence-corrected chi connectivity index (χ4v) is 4.55. The van der Waals surface area contributed by atoms with Crippen molar-refractivity contribution < 1.29 is 0 Å². The first-order chi connectivity index (χ1) is 14.9. The summed E-state index contributed by atoms with van der Waals surface area (Å²) in [6.45, 7) is 2.12. The number of aryl methyl sites for hydroxylation is 1. The second-order valence-corrected chi connectivity index (χ2v) is 9.05. The second kappa shape index (κ2) is 17.2. The minimum absolute atomic E-state index is 1.23. The first-order valence-corrected chi connectivity index (χ1v) is 13.0. The second-order valence-electron chi connectivity index (χ2n) is 9.05. The molecule has 0 atom stereocenters. The zero-order chi connectivity index (χ0) is 21.1. The van der Waals surface area contributed by atoms with Crippen molar-refractivity contribution in [2.24, 2.45) is 0 Å². The third kappa shape index (κ3) is 11.0. The van der Waals surface area contributed by atoms with E-state index in [9.17, 15) is 0 Å². The largest absolute Gasteiger partial charge is 0.0917 e. The summed E-state index contributed by atoms with van der Waals surface area (Å²) in [5.74, 6) is 0. The Morgan fingerprint density at radius 2 is 1.03 bits per heavy atom. The van der Waals surface area contributed by atoms with Gasteiger partial charge in [0, 0.05) is 0 Å². The molecule has 0 heterocycles. The van der Waals surface area contributed by atoms with E-state index in [0.29, 0.717) is 0 Å². The average molecular weight is 407 g/mol. The van der Waals surface area contributed by atoms with Crippen LogP contribution in [0, 0.1) is 0 Å². The molecule has 0 aromatic heterocycles.